The van der Waals surface area contributed by atoms with Gasteiger partial charge in [-0.1, -0.05) is 0 Å². The molecular formula is C18H21N3O4. The van der Waals surface area contributed by atoms with Gasteiger partial charge in [-0.3, -0.25) is 0 Å². The van der Waals surface area contributed by atoms with E-state index in [2.05, 4.69) is 21.8 Å². The maximum atomic E-state index is 12.2. The lowest BCUT2D eigenvalue weighted by atomic mass is 10.1. The van der Waals surface area contributed by atoms with Crippen molar-refractivity contribution in [2.75, 3.05) is 51.5 Å². The van der Waals surface area contributed by atoms with Crippen LogP contribution in [0, 0.1) is 0 Å². The van der Waals surface area contributed by atoms with Crippen LogP contribution in [0.4, 0.5) is 5.69 Å². The first kappa shape index (κ1) is 16.0. The Morgan fingerprint density at radius 3 is 2.60 bits per heavy atom. The number of carbonyl (C=O) groups excluding carboxylic acids is 1. The molecule has 7 heteroatoms. The molecule has 0 saturated carbocycles. The van der Waals surface area contributed by atoms with Crippen LogP contribution >= 0.6 is 0 Å². The van der Waals surface area contributed by atoms with E-state index in [1.54, 1.807) is 6.92 Å². The third kappa shape index (κ3) is 2.95. The van der Waals surface area contributed by atoms with Crippen molar-refractivity contribution >= 4 is 22.6 Å². The van der Waals surface area contributed by atoms with Gasteiger partial charge in [0.2, 0.25) is 6.79 Å². The molecular weight excluding hydrogens is 322 g/mol. The number of esters is 1. The van der Waals surface area contributed by atoms with Crippen LogP contribution in [0.15, 0.2) is 18.2 Å². The monoisotopic (exact) mass is 343 g/mol. The number of aromatic nitrogens is 1. The first-order valence-electron chi connectivity index (χ1n) is 8.50. The highest BCUT2D eigenvalue weighted by molar-refractivity contribution is 5.99. The van der Waals surface area contributed by atoms with Crippen molar-refractivity contribution in [3.63, 3.8) is 0 Å². The summed E-state index contributed by atoms with van der Waals surface area (Å²) in [6.07, 6.45) is 0. The van der Waals surface area contributed by atoms with Crippen molar-refractivity contribution in [3.8, 4) is 11.5 Å². The summed E-state index contributed by atoms with van der Waals surface area (Å²) in [6, 6.07) is 5.61. The average molecular weight is 343 g/mol. The molecule has 0 N–H and O–H groups in total. The van der Waals surface area contributed by atoms with Gasteiger partial charge in [0, 0.05) is 43.3 Å². The molecule has 0 aliphatic carbocycles. The van der Waals surface area contributed by atoms with Gasteiger partial charge in [0.15, 0.2) is 17.2 Å². The molecule has 2 aliphatic rings. The number of benzene rings is 1. The zero-order chi connectivity index (χ0) is 17.4. The molecule has 4 rings (SSSR count). The van der Waals surface area contributed by atoms with Gasteiger partial charge in [-0.25, -0.2) is 9.78 Å². The predicted molar refractivity (Wildman–Crippen MR) is 93.5 cm³/mol. The number of ether oxygens (including phenoxy) is 3. The summed E-state index contributed by atoms with van der Waals surface area (Å²) in [6.45, 7) is 6.06. The minimum absolute atomic E-state index is 0.209. The summed E-state index contributed by atoms with van der Waals surface area (Å²) in [5.74, 6) is 0.969. The number of anilines is 1. The lowest BCUT2D eigenvalue weighted by molar-refractivity contribution is 0.0520. The predicted octanol–water partition coefficient (Wildman–Crippen LogP) is 1.89. The molecule has 2 aliphatic heterocycles. The Morgan fingerprint density at radius 2 is 1.88 bits per heavy atom. The van der Waals surface area contributed by atoms with Crippen molar-refractivity contribution in [1.29, 1.82) is 0 Å². The molecule has 0 radical (unpaired) electrons. The molecule has 25 heavy (non-hydrogen) atoms. The van der Waals surface area contributed by atoms with Gasteiger partial charge in [-0.15, -0.1) is 0 Å². The molecule has 0 amide bonds. The minimum atomic E-state index is -0.405. The third-order valence-electron chi connectivity index (χ3n) is 4.61. The van der Waals surface area contributed by atoms with E-state index >= 15 is 0 Å². The molecule has 0 atom stereocenters. The van der Waals surface area contributed by atoms with E-state index < -0.39 is 5.97 Å². The number of fused-ring (bicyclic) bond motifs is 2. The Kier molecular flexibility index (Phi) is 4.09. The Morgan fingerprint density at radius 1 is 1.16 bits per heavy atom. The van der Waals surface area contributed by atoms with E-state index in [0.717, 1.165) is 37.3 Å². The molecule has 1 aromatic carbocycles. The Hall–Kier alpha value is -2.54. The average Bonchev–Trinajstić information content (AvgIpc) is 3.07. The standard InChI is InChI=1S/C18H21N3O4/c1-3-23-18(22)14-9-15(21-6-4-20(2)5-7-21)12-8-16-17(25-11-24-16)10-13(12)19-14/h8-10H,3-7,11H2,1-2H3. The number of nitrogens with zero attached hydrogens (tertiary/aromatic N) is 3. The first-order chi connectivity index (χ1) is 12.2. The van der Waals surface area contributed by atoms with Gasteiger partial charge in [-0.2, -0.15) is 0 Å². The maximum absolute atomic E-state index is 12.2. The van der Waals surface area contributed by atoms with Crippen molar-refractivity contribution in [1.82, 2.24) is 9.88 Å². The summed E-state index contributed by atoms with van der Waals surface area (Å²) in [4.78, 5) is 21.3. The molecule has 1 aromatic heterocycles. The number of rotatable bonds is 3. The largest absolute Gasteiger partial charge is 0.461 e. The molecule has 132 valence electrons. The Bertz CT molecular complexity index is 816. The van der Waals surface area contributed by atoms with Crippen LogP contribution < -0.4 is 14.4 Å². The van der Waals surface area contributed by atoms with Crippen LogP contribution in [0.2, 0.25) is 0 Å². The number of piperazine rings is 1. The van der Waals surface area contributed by atoms with Crippen LogP contribution in [0.5, 0.6) is 11.5 Å². The van der Waals surface area contributed by atoms with Crippen LogP contribution in [-0.2, 0) is 4.74 Å². The van der Waals surface area contributed by atoms with E-state index in [4.69, 9.17) is 14.2 Å². The first-order valence-corrected chi connectivity index (χ1v) is 8.50. The molecule has 1 saturated heterocycles. The fourth-order valence-electron chi connectivity index (χ4n) is 3.22. The number of hydrogen-bond acceptors (Lipinski definition) is 7. The van der Waals surface area contributed by atoms with Crippen LogP contribution in [0.25, 0.3) is 10.9 Å². The van der Waals surface area contributed by atoms with Gasteiger partial charge in [0.1, 0.15) is 0 Å². The van der Waals surface area contributed by atoms with Gasteiger partial charge in [0.25, 0.3) is 0 Å². The normalized spacial score (nSPS) is 17.1. The minimum Gasteiger partial charge on any atom is -0.461 e. The number of hydrogen-bond donors (Lipinski definition) is 0. The quantitative estimate of drug-likeness (QED) is 0.789. The van der Waals surface area contributed by atoms with Gasteiger partial charge in [0.05, 0.1) is 12.1 Å². The van der Waals surface area contributed by atoms with E-state index in [1.807, 2.05) is 18.2 Å². The van der Waals surface area contributed by atoms with E-state index in [9.17, 15) is 4.79 Å². The van der Waals surface area contributed by atoms with Crippen LogP contribution in [0.1, 0.15) is 17.4 Å². The summed E-state index contributed by atoms with van der Waals surface area (Å²) in [5.41, 5.74) is 2.02. The lowest BCUT2D eigenvalue weighted by Gasteiger charge is -2.34. The molecule has 3 heterocycles. The lowest BCUT2D eigenvalue weighted by Crippen LogP contribution is -2.44. The summed E-state index contributed by atoms with van der Waals surface area (Å²) in [7, 11) is 2.12. The molecule has 7 nitrogen and oxygen atoms in total. The molecule has 1 fully saturated rings. The fraction of sp³-hybridized carbons (Fsp3) is 0.444. The van der Waals surface area contributed by atoms with Crippen molar-refractivity contribution in [2.45, 2.75) is 6.92 Å². The molecule has 2 aromatic rings. The van der Waals surface area contributed by atoms with Crippen molar-refractivity contribution in [3.05, 3.63) is 23.9 Å². The van der Waals surface area contributed by atoms with Crippen molar-refractivity contribution < 1.29 is 19.0 Å². The van der Waals surface area contributed by atoms with Gasteiger partial charge in [-0.05, 0) is 26.1 Å². The number of pyridine rings is 1. The second-order valence-corrected chi connectivity index (χ2v) is 6.26. The maximum Gasteiger partial charge on any atom is 0.357 e. The molecule has 0 bridgehead atoms. The highest BCUT2D eigenvalue weighted by Gasteiger charge is 2.23. The number of likely N-dealkylation sites (N-methyl/N-ethyl adjacent to an activating group) is 1. The summed E-state index contributed by atoms with van der Waals surface area (Å²) in [5, 5.41) is 0.960. The fourth-order valence-corrected chi connectivity index (χ4v) is 3.22. The second kappa shape index (κ2) is 6.40. The Labute approximate surface area is 146 Å². The zero-order valence-corrected chi connectivity index (χ0v) is 14.4. The SMILES string of the molecule is CCOC(=O)c1cc(N2CCN(C)CC2)c2cc3c(cc2n1)OCO3. The highest BCUT2D eigenvalue weighted by atomic mass is 16.7. The number of carbonyl (C=O) groups is 1. The summed E-state index contributed by atoms with van der Waals surface area (Å²) >= 11 is 0. The summed E-state index contributed by atoms with van der Waals surface area (Å²) < 4.78 is 16.1. The van der Waals surface area contributed by atoms with E-state index in [0.29, 0.717) is 29.3 Å². The van der Waals surface area contributed by atoms with Crippen LogP contribution in [-0.4, -0.2) is 62.5 Å². The van der Waals surface area contributed by atoms with Crippen LogP contribution in [0.3, 0.4) is 0 Å². The van der Waals surface area contributed by atoms with Gasteiger partial charge < -0.3 is 24.0 Å². The van der Waals surface area contributed by atoms with E-state index in [-0.39, 0.29) is 6.79 Å². The van der Waals surface area contributed by atoms with E-state index in [1.165, 1.54) is 0 Å². The van der Waals surface area contributed by atoms with Crippen molar-refractivity contribution in [2.24, 2.45) is 0 Å². The Balaban J connectivity index is 1.83. The third-order valence-corrected chi connectivity index (χ3v) is 4.61. The highest BCUT2D eigenvalue weighted by Crippen LogP contribution is 2.39. The molecule has 0 spiro atoms. The zero-order valence-electron chi connectivity index (χ0n) is 14.4. The smallest absolute Gasteiger partial charge is 0.357 e. The topological polar surface area (TPSA) is 64.1 Å². The molecule has 0 unspecified atom stereocenters. The second-order valence-electron chi connectivity index (χ2n) is 6.26. The van der Waals surface area contributed by atoms with Gasteiger partial charge >= 0.3 is 5.97 Å².